The van der Waals surface area contributed by atoms with Gasteiger partial charge in [0.1, 0.15) is 12.4 Å². The van der Waals surface area contributed by atoms with Gasteiger partial charge in [0.2, 0.25) is 0 Å². The summed E-state index contributed by atoms with van der Waals surface area (Å²) in [6.45, 7) is 2.84. The van der Waals surface area contributed by atoms with Crippen LogP contribution in [0, 0.1) is 0 Å². The molecule has 3 heteroatoms. The highest BCUT2D eigenvalue weighted by molar-refractivity contribution is 9.10. The summed E-state index contributed by atoms with van der Waals surface area (Å²) in [5.74, 6) is 0.904. The van der Waals surface area contributed by atoms with Gasteiger partial charge in [0.15, 0.2) is 0 Å². The summed E-state index contributed by atoms with van der Waals surface area (Å²) in [5.41, 5.74) is 0. The molecule has 1 unspecified atom stereocenters. The summed E-state index contributed by atoms with van der Waals surface area (Å²) < 4.78 is 6.68. The molecular weight excluding hydrogens is 242 g/mol. The van der Waals surface area contributed by atoms with Crippen LogP contribution >= 0.6 is 15.9 Å². The lowest BCUT2D eigenvalue weighted by Crippen LogP contribution is -2.30. The number of nitrogens with zero attached hydrogens (tertiary/aromatic N) is 1. The molecule has 0 bridgehead atoms. The fourth-order valence-corrected chi connectivity index (χ4v) is 1.32. The van der Waals surface area contributed by atoms with Crippen molar-refractivity contribution >= 4 is 15.9 Å². The Kier molecular flexibility index (Phi) is 4.42. The third-order valence-corrected chi connectivity index (χ3v) is 2.85. The molecule has 78 valence electrons. The smallest absolute Gasteiger partial charge is 0.133 e. The Labute approximate surface area is 94.0 Å². The SMILES string of the molecule is CC(COc1ccccc1Br)N(C)C. The zero-order valence-electron chi connectivity index (χ0n) is 8.83. The molecule has 0 saturated heterocycles. The van der Waals surface area contributed by atoms with Crippen LogP contribution < -0.4 is 4.74 Å². The van der Waals surface area contributed by atoms with Crippen LogP contribution in [0.4, 0.5) is 0 Å². The fourth-order valence-electron chi connectivity index (χ4n) is 0.921. The van der Waals surface area contributed by atoms with Crippen LogP contribution in [0.5, 0.6) is 5.75 Å². The van der Waals surface area contributed by atoms with Crippen LogP contribution in [-0.4, -0.2) is 31.6 Å². The molecule has 0 aliphatic rings. The predicted octanol–water partition coefficient (Wildman–Crippen LogP) is 2.78. The second-order valence-corrected chi connectivity index (χ2v) is 4.41. The zero-order valence-corrected chi connectivity index (χ0v) is 10.4. The molecule has 1 aromatic rings. The third-order valence-electron chi connectivity index (χ3n) is 2.20. The van der Waals surface area contributed by atoms with Gasteiger partial charge in [0.25, 0.3) is 0 Å². The number of benzene rings is 1. The lowest BCUT2D eigenvalue weighted by Gasteiger charge is -2.20. The Morgan fingerprint density at radius 3 is 2.57 bits per heavy atom. The van der Waals surface area contributed by atoms with Crippen molar-refractivity contribution in [3.8, 4) is 5.75 Å². The van der Waals surface area contributed by atoms with Crippen LogP contribution in [0.15, 0.2) is 28.7 Å². The van der Waals surface area contributed by atoms with Crippen molar-refractivity contribution in [1.29, 1.82) is 0 Å². The van der Waals surface area contributed by atoms with Gasteiger partial charge in [0.05, 0.1) is 4.47 Å². The molecule has 14 heavy (non-hydrogen) atoms. The van der Waals surface area contributed by atoms with Gasteiger partial charge in [-0.25, -0.2) is 0 Å². The lowest BCUT2D eigenvalue weighted by molar-refractivity contribution is 0.197. The Morgan fingerprint density at radius 1 is 1.36 bits per heavy atom. The first-order valence-electron chi connectivity index (χ1n) is 4.65. The largest absolute Gasteiger partial charge is 0.491 e. The topological polar surface area (TPSA) is 12.5 Å². The zero-order chi connectivity index (χ0) is 10.6. The van der Waals surface area contributed by atoms with Gasteiger partial charge in [0, 0.05) is 6.04 Å². The molecule has 0 N–H and O–H groups in total. The predicted molar refractivity (Wildman–Crippen MR) is 62.8 cm³/mol. The monoisotopic (exact) mass is 257 g/mol. The molecule has 0 heterocycles. The highest BCUT2D eigenvalue weighted by atomic mass is 79.9. The first-order chi connectivity index (χ1) is 6.61. The minimum atomic E-state index is 0.419. The van der Waals surface area contributed by atoms with Crippen LogP contribution in [-0.2, 0) is 0 Å². The van der Waals surface area contributed by atoms with E-state index in [1.807, 2.05) is 38.4 Å². The summed E-state index contributed by atoms with van der Waals surface area (Å²) in [4.78, 5) is 2.14. The molecule has 0 aliphatic carbocycles. The Morgan fingerprint density at radius 2 is 2.00 bits per heavy atom. The molecular formula is C11H16BrNO. The molecule has 2 nitrogen and oxygen atoms in total. The molecule has 0 fully saturated rings. The summed E-state index contributed by atoms with van der Waals surface area (Å²) >= 11 is 3.44. The maximum Gasteiger partial charge on any atom is 0.133 e. The fraction of sp³-hybridized carbons (Fsp3) is 0.455. The number of halogens is 1. The van der Waals surface area contributed by atoms with Crippen molar-refractivity contribution in [2.45, 2.75) is 13.0 Å². The Bertz CT molecular complexity index is 288. The van der Waals surface area contributed by atoms with Crippen LogP contribution in [0.1, 0.15) is 6.92 Å². The average Bonchev–Trinajstić information content (AvgIpc) is 2.16. The van der Waals surface area contributed by atoms with E-state index < -0.39 is 0 Å². The number of hydrogen-bond acceptors (Lipinski definition) is 2. The summed E-state index contributed by atoms with van der Waals surface area (Å²) in [6, 6.07) is 8.32. The number of likely N-dealkylation sites (N-methyl/N-ethyl adjacent to an activating group) is 1. The van der Waals surface area contributed by atoms with E-state index in [9.17, 15) is 0 Å². The van der Waals surface area contributed by atoms with Gasteiger partial charge in [-0.15, -0.1) is 0 Å². The van der Waals surface area contributed by atoms with E-state index >= 15 is 0 Å². The van der Waals surface area contributed by atoms with Gasteiger partial charge in [-0.1, -0.05) is 12.1 Å². The molecule has 0 amide bonds. The molecule has 0 spiro atoms. The molecule has 0 radical (unpaired) electrons. The first kappa shape index (κ1) is 11.5. The van der Waals surface area contributed by atoms with Gasteiger partial charge in [-0.3, -0.25) is 0 Å². The minimum absolute atomic E-state index is 0.419. The van der Waals surface area contributed by atoms with Crippen molar-refractivity contribution in [2.24, 2.45) is 0 Å². The molecule has 0 saturated carbocycles. The van der Waals surface area contributed by atoms with Crippen molar-refractivity contribution in [1.82, 2.24) is 4.90 Å². The summed E-state index contributed by atoms with van der Waals surface area (Å²) in [6.07, 6.45) is 0. The standard InChI is InChI=1S/C11H16BrNO/c1-9(13(2)3)8-14-11-7-5-4-6-10(11)12/h4-7,9H,8H2,1-3H3. The number of rotatable bonds is 4. The van der Waals surface area contributed by atoms with Gasteiger partial charge < -0.3 is 9.64 Å². The lowest BCUT2D eigenvalue weighted by atomic mass is 10.3. The van der Waals surface area contributed by atoms with E-state index in [4.69, 9.17) is 4.74 Å². The highest BCUT2D eigenvalue weighted by Gasteiger charge is 2.06. The highest BCUT2D eigenvalue weighted by Crippen LogP contribution is 2.23. The van der Waals surface area contributed by atoms with Gasteiger partial charge >= 0.3 is 0 Å². The Hall–Kier alpha value is -0.540. The minimum Gasteiger partial charge on any atom is -0.491 e. The van der Waals surface area contributed by atoms with E-state index in [2.05, 4.69) is 27.8 Å². The molecule has 1 atom stereocenters. The average molecular weight is 258 g/mol. The van der Waals surface area contributed by atoms with Crippen LogP contribution in [0.25, 0.3) is 0 Å². The summed E-state index contributed by atoms with van der Waals surface area (Å²) in [7, 11) is 4.10. The van der Waals surface area contributed by atoms with Gasteiger partial charge in [-0.2, -0.15) is 0 Å². The van der Waals surface area contributed by atoms with E-state index in [1.54, 1.807) is 0 Å². The van der Waals surface area contributed by atoms with Crippen molar-refractivity contribution < 1.29 is 4.74 Å². The number of ether oxygens (including phenoxy) is 1. The second kappa shape index (κ2) is 5.37. The van der Waals surface area contributed by atoms with E-state index in [1.165, 1.54) is 0 Å². The van der Waals surface area contributed by atoms with Crippen LogP contribution in [0.3, 0.4) is 0 Å². The third kappa shape index (κ3) is 3.31. The first-order valence-corrected chi connectivity index (χ1v) is 5.44. The molecule has 0 aliphatic heterocycles. The van der Waals surface area contributed by atoms with Crippen molar-refractivity contribution in [3.05, 3.63) is 28.7 Å². The normalized spacial score (nSPS) is 12.9. The molecule has 0 aromatic heterocycles. The Balaban J connectivity index is 2.50. The van der Waals surface area contributed by atoms with Crippen molar-refractivity contribution in [3.63, 3.8) is 0 Å². The number of para-hydroxylation sites is 1. The maximum atomic E-state index is 5.67. The maximum absolute atomic E-state index is 5.67. The summed E-state index contributed by atoms with van der Waals surface area (Å²) in [5, 5.41) is 0. The second-order valence-electron chi connectivity index (χ2n) is 3.55. The number of hydrogen-bond donors (Lipinski definition) is 0. The van der Waals surface area contributed by atoms with E-state index in [0.29, 0.717) is 12.6 Å². The van der Waals surface area contributed by atoms with Crippen LogP contribution in [0.2, 0.25) is 0 Å². The molecule has 1 aromatic carbocycles. The van der Waals surface area contributed by atoms with Gasteiger partial charge in [-0.05, 0) is 49.1 Å². The van der Waals surface area contributed by atoms with E-state index in [0.717, 1.165) is 10.2 Å². The van der Waals surface area contributed by atoms with Crippen molar-refractivity contribution in [2.75, 3.05) is 20.7 Å². The quantitative estimate of drug-likeness (QED) is 0.823. The molecule has 1 rings (SSSR count). The van der Waals surface area contributed by atoms with E-state index in [-0.39, 0.29) is 0 Å².